The van der Waals surface area contributed by atoms with Gasteiger partial charge in [-0.25, -0.2) is 4.79 Å². The van der Waals surface area contributed by atoms with Crippen LogP contribution in [0.1, 0.15) is 27.2 Å². The van der Waals surface area contributed by atoms with Gasteiger partial charge in [0.25, 0.3) is 0 Å². The SMILES string of the molecule is COC(=O)c1scc(C)c1NC(=O)CCc1ccccc1. The van der Waals surface area contributed by atoms with E-state index in [4.69, 9.17) is 4.74 Å². The quantitative estimate of drug-likeness (QED) is 0.861. The molecule has 0 saturated carbocycles. The number of thiophene rings is 1. The highest BCUT2D eigenvalue weighted by Gasteiger charge is 2.18. The predicted molar refractivity (Wildman–Crippen MR) is 83.8 cm³/mol. The van der Waals surface area contributed by atoms with Gasteiger partial charge in [-0.1, -0.05) is 30.3 Å². The van der Waals surface area contributed by atoms with E-state index in [1.54, 1.807) is 0 Å². The van der Waals surface area contributed by atoms with Gasteiger partial charge in [0.15, 0.2) is 0 Å². The third-order valence-electron chi connectivity index (χ3n) is 3.09. The number of hydrogen-bond donors (Lipinski definition) is 1. The summed E-state index contributed by atoms with van der Waals surface area (Å²) in [5.41, 5.74) is 2.54. The summed E-state index contributed by atoms with van der Waals surface area (Å²) in [5, 5.41) is 4.65. The number of anilines is 1. The first-order valence-electron chi connectivity index (χ1n) is 6.62. The fraction of sp³-hybridized carbons (Fsp3) is 0.250. The highest BCUT2D eigenvalue weighted by molar-refractivity contribution is 7.12. The number of esters is 1. The van der Waals surface area contributed by atoms with Crippen molar-refractivity contribution < 1.29 is 14.3 Å². The van der Waals surface area contributed by atoms with Crippen molar-refractivity contribution in [2.45, 2.75) is 19.8 Å². The van der Waals surface area contributed by atoms with Gasteiger partial charge in [0.1, 0.15) is 4.88 Å². The van der Waals surface area contributed by atoms with E-state index in [1.165, 1.54) is 18.4 Å². The molecule has 1 aromatic carbocycles. The minimum atomic E-state index is -0.425. The van der Waals surface area contributed by atoms with Gasteiger partial charge in [0, 0.05) is 6.42 Å². The Morgan fingerprint density at radius 3 is 2.62 bits per heavy atom. The highest BCUT2D eigenvalue weighted by Crippen LogP contribution is 2.28. The second kappa shape index (κ2) is 7.04. The first kappa shape index (κ1) is 15.3. The minimum absolute atomic E-state index is 0.106. The lowest BCUT2D eigenvalue weighted by Gasteiger charge is -2.07. The van der Waals surface area contributed by atoms with Gasteiger partial charge in [-0.3, -0.25) is 4.79 Å². The Morgan fingerprint density at radius 1 is 1.24 bits per heavy atom. The molecule has 0 atom stereocenters. The molecule has 0 fully saturated rings. The van der Waals surface area contributed by atoms with Crippen LogP contribution in [0.4, 0.5) is 5.69 Å². The molecule has 0 aliphatic carbocycles. The Labute approximate surface area is 127 Å². The van der Waals surface area contributed by atoms with E-state index in [-0.39, 0.29) is 5.91 Å². The van der Waals surface area contributed by atoms with Crippen molar-refractivity contribution in [1.82, 2.24) is 0 Å². The maximum Gasteiger partial charge on any atom is 0.350 e. The number of nitrogens with one attached hydrogen (secondary N) is 1. The van der Waals surface area contributed by atoms with Crippen LogP contribution in [-0.4, -0.2) is 19.0 Å². The van der Waals surface area contributed by atoms with Gasteiger partial charge in [0.05, 0.1) is 12.8 Å². The van der Waals surface area contributed by atoms with Crippen molar-refractivity contribution in [2.75, 3.05) is 12.4 Å². The van der Waals surface area contributed by atoms with Crippen LogP contribution in [0.2, 0.25) is 0 Å². The fourth-order valence-electron chi connectivity index (χ4n) is 1.95. The lowest BCUT2D eigenvalue weighted by Crippen LogP contribution is -2.15. The molecule has 1 aromatic heterocycles. The molecular weight excluding hydrogens is 286 g/mol. The Bertz CT molecular complexity index is 634. The maximum absolute atomic E-state index is 12.0. The molecule has 0 aliphatic rings. The van der Waals surface area contributed by atoms with Gasteiger partial charge in [-0.05, 0) is 29.9 Å². The molecule has 1 N–H and O–H groups in total. The third-order valence-corrected chi connectivity index (χ3v) is 4.17. The van der Waals surface area contributed by atoms with E-state index in [0.29, 0.717) is 23.4 Å². The topological polar surface area (TPSA) is 55.4 Å². The Kier molecular flexibility index (Phi) is 5.11. The number of carbonyl (C=O) groups is 2. The van der Waals surface area contributed by atoms with Gasteiger partial charge >= 0.3 is 5.97 Å². The average Bonchev–Trinajstić information content (AvgIpc) is 2.86. The van der Waals surface area contributed by atoms with Gasteiger partial charge in [-0.15, -0.1) is 11.3 Å². The van der Waals surface area contributed by atoms with Crippen LogP contribution in [0.5, 0.6) is 0 Å². The molecule has 21 heavy (non-hydrogen) atoms. The molecule has 0 aliphatic heterocycles. The van der Waals surface area contributed by atoms with Gasteiger partial charge in [0.2, 0.25) is 5.91 Å². The van der Waals surface area contributed by atoms with E-state index < -0.39 is 5.97 Å². The summed E-state index contributed by atoms with van der Waals surface area (Å²) in [6.45, 7) is 1.86. The van der Waals surface area contributed by atoms with Gasteiger partial charge < -0.3 is 10.1 Å². The van der Waals surface area contributed by atoms with Crippen LogP contribution < -0.4 is 5.32 Å². The Hall–Kier alpha value is -2.14. The van der Waals surface area contributed by atoms with Crippen molar-refractivity contribution in [1.29, 1.82) is 0 Å². The number of amides is 1. The normalized spacial score (nSPS) is 10.2. The first-order valence-corrected chi connectivity index (χ1v) is 7.50. The summed E-state index contributed by atoms with van der Waals surface area (Å²) >= 11 is 1.28. The van der Waals surface area contributed by atoms with Crippen molar-refractivity contribution in [3.8, 4) is 0 Å². The molecule has 2 rings (SSSR count). The molecule has 0 saturated heterocycles. The predicted octanol–water partition coefficient (Wildman–Crippen LogP) is 3.41. The molecule has 0 radical (unpaired) electrons. The zero-order chi connectivity index (χ0) is 15.2. The van der Waals surface area contributed by atoms with Crippen LogP contribution in [-0.2, 0) is 16.0 Å². The molecule has 5 heteroatoms. The van der Waals surface area contributed by atoms with Crippen molar-refractivity contribution in [2.24, 2.45) is 0 Å². The van der Waals surface area contributed by atoms with Crippen molar-refractivity contribution in [3.63, 3.8) is 0 Å². The molecule has 110 valence electrons. The lowest BCUT2D eigenvalue weighted by atomic mass is 10.1. The van der Waals surface area contributed by atoms with Crippen molar-refractivity contribution in [3.05, 3.63) is 51.7 Å². The smallest absolute Gasteiger partial charge is 0.350 e. The summed E-state index contributed by atoms with van der Waals surface area (Å²) < 4.78 is 4.72. The maximum atomic E-state index is 12.0. The van der Waals surface area contributed by atoms with Crippen LogP contribution in [0.15, 0.2) is 35.7 Å². The molecule has 0 bridgehead atoms. The number of rotatable bonds is 5. The van der Waals surface area contributed by atoms with E-state index in [1.807, 2.05) is 42.6 Å². The Morgan fingerprint density at radius 2 is 1.95 bits per heavy atom. The molecule has 0 spiro atoms. The minimum Gasteiger partial charge on any atom is -0.465 e. The fourth-order valence-corrected chi connectivity index (χ4v) is 2.87. The van der Waals surface area contributed by atoms with Crippen LogP contribution in [0, 0.1) is 6.92 Å². The summed E-state index contributed by atoms with van der Waals surface area (Å²) in [5.74, 6) is -0.531. The zero-order valence-corrected chi connectivity index (χ0v) is 12.8. The molecule has 1 amide bonds. The second-order valence-electron chi connectivity index (χ2n) is 4.65. The molecule has 1 heterocycles. The number of hydrogen-bond acceptors (Lipinski definition) is 4. The second-order valence-corrected chi connectivity index (χ2v) is 5.53. The standard InChI is InChI=1S/C16H17NO3S/c1-11-10-21-15(16(19)20-2)14(11)17-13(18)9-8-12-6-4-3-5-7-12/h3-7,10H,8-9H2,1-2H3,(H,17,18). The number of ether oxygens (including phenoxy) is 1. The van der Waals surface area contributed by atoms with Crippen LogP contribution in [0.3, 0.4) is 0 Å². The largest absolute Gasteiger partial charge is 0.465 e. The summed E-state index contributed by atoms with van der Waals surface area (Å²) in [6, 6.07) is 9.82. The number of methoxy groups -OCH3 is 1. The van der Waals surface area contributed by atoms with Crippen LogP contribution >= 0.6 is 11.3 Å². The summed E-state index contributed by atoms with van der Waals surface area (Å²) in [7, 11) is 1.33. The first-order chi connectivity index (χ1) is 10.1. The monoisotopic (exact) mass is 303 g/mol. The summed E-state index contributed by atoms with van der Waals surface area (Å²) in [6.07, 6.45) is 1.04. The van der Waals surface area contributed by atoms with E-state index >= 15 is 0 Å². The van der Waals surface area contributed by atoms with E-state index in [2.05, 4.69) is 5.32 Å². The van der Waals surface area contributed by atoms with Crippen LogP contribution in [0.25, 0.3) is 0 Å². The molecular formula is C16H17NO3S. The van der Waals surface area contributed by atoms with Gasteiger partial charge in [-0.2, -0.15) is 0 Å². The average molecular weight is 303 g/mol. The molecule has 2 aromatic rings. The number of benzene rings is 1. The summed E-state index contributed by atoms with van der Waals surface area (Å²) in [4.78, 5) is 24.1. The van der Waals surface area contributed by atoms with Crippen molar-refractivity contribution >= 4 is 28.9 Å². The van der Waals surface area contributed by atoms with E-state index in [9.17, 15) is 9.59 Å². The zero-order valence-electron chi connectivity index (χ0n) is 12.0. The molecule has 0 unspecified atom stereocenters. The number of aryl methyl sites for hydroxylation is 2. The van der Waals surface area contributed by atoms with E-state index in [0.717, 1.165) is 11.1 Å². The Balaban J connectivity index is 2.00. The lowest BCUT2D eigenvalue weighted by molar-refractivity contribution is -0.116. The third kappa shape index (κ3) is 3.92. The highest BCUT2D eigenvalue weighted by atomic mass is 32.1. The number of carbonyl (C=O) groups excluding carboxylic acids is 2. The molecule has 4 nitrogen and oxygen atoms in total.